The Morgan fingerprint density at radius 1 is 1.16 bits per heavy atom. The third-order valence-corrected chi connectivity index (χ3v) is 3.45. The summed E-state index contributed by atoms with van der Waals surface area (Å²) in [4.78, 5) is 0. The topological polar surface area (TPSA) is 9.23 Å². The number of halogens is 5. The first-order chi connectivity index (χ1) is 9.01. The fourth-order valence-electron chi connectivity index (χ4n) is 1.43. The van der Waals surface area contributed by atoms with Crippen LogP contribution in [-0.4, -0.2) is 0 Å². The van der Waals surface area contributed by atoms with Crippen LogP contribution in [-0.2, 0) is 5.88 Å². The van der Waals surface area contributed by atoms with E-state index in [-0.39, 0.29) is 11.6 Å². The molecule has 1 nitrogen and oxygen atoms in total. The predicted octanol–water partition coefficient (Wildman–Crippen LogP) is 5.91. The fourth-order valence-corrected chi connectivity index (χ4v) is 2.38. The van der Waals surface area contributed by atoms with E-state index in [9.17, 15) is 8.78 Å². The predicted molar refractivity (Wildman–Crippen MR) is 75.1 cm³/mol. The molecule has 0 aliphatic rings. The Morgan fingerprint density at radius 2 is 1.89 bits per heavy atom. The number of hydrogen-bond acceptors (Lipinski definition) is 1. The van der Waals surface area contributed by atoms with Gasteiger partial charge in [0, 0.05) is 15.4 Å². The molecule has 100 valence electrons. The molecule has 0 aliphatic carbocycles. The summed E-state index contributed by atoms with van der Waals surface area (Å²) in [7, 11) is 0. The lowest BCUT2D eigenvalue weighted by atomic mass is 10.2. The van der Waals surface area contributed by atoms with Gasteiger partial charge in [0.2, 0.25) is 5.82 Å². The molecule has 0 aromatic heterocycles. The summed E-state index contributed by atoms with van der Waals surface area (Å²) in [5.74, 6) is -1.70. The molecule has 0 radical (unpaired) electrons. The zero-order valence-electron chi connectivity index (χ0n) is 9.39. The summed E-state index contributed by atoms with van der Waals surface area (Å²) in [6, 6.07) is 7.10. The van der Waals surface area contributed by atoms with Gasteiger partial charge in [-0.2, -0.15) is 4.39 Å². The quantitative estimate of drug-likeness (QED) is 0.483. The number of benzene rings is 2. The molecule has 0 aliphatic heterocycles. The van der Waals surface area contributed by atoms with Crippen LogP contribution < -0.4 is 4.74 Å². The van der Waals surface area contributed by atoms with Gasteiger partial charge in [-0.3, -0.25) is 0 Å². The van der Waals surface area contributed by atoms with Crippen LogP contribution in [0.4, 0.5) is 8.78 Å². The summed E-state index contributed by atoms with van der Waals surface area (Å²) >= 11 is 14.7. The van der Waals surface area contributed by atoms with Crippen molar-refractivity contribution in [1.29, 1.82) is 0 Å². The second-order valence-corrected chi connectivity index (χ2v) is 5.28. The van der Waals surface area contributed by atoms with E-state index in [0.717, 1.165) is 11.6 Å². The molecule has 2 aromatic carbocycles. The van der Waals surface area contributed by atoms with E-state index in [1.165, 1.54) is 12.1 Å². The zero-order chi connectivity index (χ0) is 14.0. The summed E-state index contributed by atoms with van der Waals surface area (Å²) in [6.07, 6.45) is 0. The van der Waals surface area contributed by atoms with Crippen LogP contribution in [0.1, 0.15) is 5.56 Å². The molecule has 0 amide bonds. The van der Waals surface area contributed by atoms with Crippen LogP contribution in [0.3, 0.4) is 0 Å². The number of rotatable bonds is 3. The van der Waals surface area contributed by atoms with E-state index in [2.05, 4.69) is 15.9 Å². The lowest BCUT2D eigenvalue weighted by Gasteiger charge is -2.09. The van der Waals surface area contributed by atoms with Gasteiger partial charge in [0.25, 0.3) is 0 Å². The van der Waals surface area contributed by atoms with Crippen LogP contribution >= 0.6 is 39.1 Å². The Bertz CT molecular complexity index is 620. The molecule has 0 bridgehead atoms. The molecule has 0 heterocycles. The van der Waals surface area contributed by atoms with Crippen molar-refractivity contribution in [2.45, 2.75) is 5.88 Å². The van der Waals surface area contributed by atoms with Crippen molar-refractivity contribution in [1.82, 2.24) is 0 Å². The minimum Gasteiger partial charge on any atom is -0.454 e. The third-order valence-electron chi connectivity index (χ3n) is 2.36. The first-order valence-corrected chi connectivity index (χ1v) is 6.88. The van der Waals surface area contributed by atoms with E-state index in [0.29, 0.717) is 15.2 Å². The minimum absolute atomic E-state index is 0.221. The van der Waals surface area contributed by atoms with E-state index in [1.807, 2.05) is 0 Å². The van der Waals surface area contributed by atoms with Gasteiger partial charge >= 0.3 is 0 Å². The van der Waals surface area contributed by atoms with Crippen LogP contribution in [0, 0.1) is 11.6 Å². The Hall–Kier alpha value is -0.840. The molecule has 0 atom stereocenters. The number of hydrogen-bond donors (Lipinski definition) is 0. The van der Waals surface area contributed by atoms with E-state index >= 15 is 0 Å². The molecule has 0 saturated heterocycles. The van der Waals surface area contributed by atoms with Crippen LogP contribution in [0.5, 0.6) is 11.5 Å². The summed E-state index contributed by atoms with van der Waals surface area (Å²) in [5, 5.41) is 0.406. The zero-order valence-corrected chi connectivity index (χ0v) is 12.5. The average molecular weight is 368 g/mol. The van der Waals surface area contributed by atoms with E-state index in [1.54, 1.807) is 12.1 Å². The number of ether oxygens (including phenoxy) is 1. The molecule has 0 N–H and O–H groups in total. The molecule has 2 aromatic rings. The SMILES string of the molecule is Fc1cc(Br)cc(Oc2ccc(CCl)c(Cl)c2)c1F. The van der Waals surface area contributed by atoms with Crippen molar-refractivity contribution >= 4 is 39.1 Å². The van der Waals surface area contributed by atoms with Crippen molar-refractivity contribution in [2.75, 3.05) is 0 Å². The summed E-state index contributed by atoms with van der Waals surface area (Å²) in [5.41, 5.74) is 0.733. The molecular weight excluding hydrogens is 361 g/mol. The van der Waals surface area contributed by atoms with Gasteiger partial charge in [0.05, 0.1) is 0 Å². The summed E-state index contributed by atoms with van der Waals surface area (Å²) < 4.78 is 32.4. The molecule has 0 fully saturated rings. The maximum absolute atomic E-state index is 13.5. The molecule has 19 heavy (non-hydrogen) atoms. The van der Waals surface area contributed by atoms with E-state index in [4.69, 9.17) is 27.9 Å². The van der Waals surface area contributed by atoms with Crippen molar-refractivity contribution in [3.8, 4) is 11.5 Å². The Balaban J connectivity index is 2.33. The Kier molecular flexibility index (Phi) is 4.66. The Labute approximate surface area is 127 Å². The van der Waals surface area contributed by atoms with Gasteiger partial charge < -0.3 is 4.74 Å². The molecular formula is C13H7BrCl2F2O. The monoisotopic (exact) mass is 366 g/mol. The summed E-state index contributed by atoms with van der Waals surface area (Å²) in [6.45, 7) is 0. The van der Waals surface area contributed by atoms with Crippen LogP contribution in [0.2, 0.25) is 5.02 Å². The van der Waals surface area contributed by atoms with Gasteiger partial charge in [-0.1, -0.05) is 33.6 Å². The largest absolute Gasteiger partial charge is 0.454 e. The molecule has 2 rings (SSSR count). The van der Waals surface area contributed by atoms with Crippen molar-refractivity contribution in [2.24, 2.45) is 0 Å². The Morgan fingerprint density at radius 3 is 2.53 bits per heavy atom. The molecule has 0 saturated carbocycles. The molecule has 0 spiro atoms. The van der Waals surface area contributed by atoms with Gasteiger partial charge in [-0.15, -0.1) is 11.6 Å². The number of alkyl halides is 1. The smallest absolute Gasteiger partial charge is 0.201 e. The molecule has 6 heteroatoms. The maximum Gasteiger partial charge on any atom is 0.201 e. The van der Waals surface area contributed by atoms with Gasteiger partial charge in [-0.05, 0) is 29.8 Å². The van der Waals surface area contributed by atoms with Crippen molar-refractivity contribution in [3.63, 3.8) is 0 Å². The van der Waals surface area contributed by atoms with Crippen molar-refractivity contribution in [3.05, 3.63) is 57.0 Å². The van der Waals surface area contributed by atoms with Gasteiger partial charge in [0.1, 0.15) is 5.75 Å². The molecule has 0 unspecified atom stereocenters. The van der Waals surface area contributed by atoms with Crippen molar-refractivity contribution < 1.29 is 13.5 Å². The highest BCUT2D eigenvalue weighted by atomic mass is 79.9. The third kappa shape index (κ3) is 3.38. The maximum atomic E-state index is 13.5. The minimum atomic E-state index is -1.05. The lowest BCUT2D eigenvalue weighted by Crippen LogP contribution is -1.93. The lowest BCUT2D eigenvalue weighted by molar-refractivity contribution is 0.415. The fraction of sp³-hybridized carbons (Fsp3) is 0.0769. The van der Waals surface area contributed by atoms with Gasteiger partial charge in [-0.25, -0.2) is 4.39 Å². The highest BCUT2D eigenvalue weighted by Gasteiger charge is 2.12. The van der Waals surface area contributed by atoms with Gasteiger partial charge in [0.15, 0.2) is 11.6 Å². The highest BCUT2D eigenvalue weighted by Crippen LogP contribution is 2.31. The van der Waals surface area contributed by atoms with Crippen LogP contribution in [0.15, 0.2) is 34.8 Å². The normalized spacial score (nSPS) is 10.6. The van der Waals surface area contributed by atoms with E-state index < -0.39 is 11.6 Å². The average Bonchev–Trinajstić information content (AvgIpc) is 2.35. The second kappa shape index (κ2) is 6.07. The van der Waals surface area contributed by atoms with Crippen LogP contribution in [0.25, 0.3) is 0 Å². The first kappa shape index (κ1) is 14.6. The standard InChI is InChI=1S/C13H7BrCl2F2O/c14-8-3-11(17)13(18)12(4-8)19-9-2-1-7(6-15)10(16)5-9/h1-5H,6H2. The first-order valence-electron chi connectivity index (χ1n) is 5.18. The second-order valence-electron chi connectivity index (χ2n) is 3.69. The highest BCUT2D eigenvalue weighted by molar-refractivity contribution is 9.10.